The molecular formula is C2H3Cl3INO. The van der Waals surface area contributed by atoms with E-state index in [0.29, 0.717) is 0 Å². The summed E-state index contributed by atoms with van der Waals surface area (Å²) in [6.45, 7) is 0. The zero-order valence-corrected chi connectivity index (χ0v) is 8.00. The highest BCUT2D eigenvalue weighted by atomic mass is 127. The van der Waals surface area contributed by atoms with E-state index in [1.165, 1.54) is 0 Å². The van der Waals surface area contributed by atoms with Gasteiger partial charge in [0.1, 0.15) is 23.0 Å². The highest BCUT2D eigenvalue weighted by molar-refractivity contribution is 14.1. The van der Waals surface area contributed by atoms with Crippen LogP contribution in [0.1, 0.15) is 0 Å². The van der Waals surface area contributed by atoms with E-state index in [2.05, 4.69) is 3.07 Å². The molecule has 0 heterocycles. The second-order valence-electron chi connectivity index (χ2n) is 1.05. The fourth-order valence-electron chi connectivity index (χ4n) is 0.0505. The normalized spacial score (nSPS) is 16.1. The largest absolute Gasteiger partial charge is 0.302 e. The molecule has 0 amide bonds. The SMILES string of the molecule is NC(OI)C(Cl)(Cl)Cl. The third-order valence-corrected chi connectivity index (χ3v) is 1.61. The number of rotatable bonds is 1. The maximum absolute atomic E-state index is 5.26. The molecule has 0 fully saturated rings. The second kappa shape index (κ2) is 3.63. The summed E-state index contributed by atoms with van der Waals surface area (Å²) < 4.78 is 2.94. The minimum absolute atomic E-state index is 0.868. The second-order valence-corrected chi connectivity index (χ2v) is 3.93. The van der Waals surface area contributed by atoms with Crippen LogP contribution in [0.25, 0.3) is 0 Å². The van der Waals surface area contributed by atoms with Crippen molar-refractivity contribution in [3.63, 3.8) is 0 Å². The van der Waals surface area contributed by atoms with Crippen LogP contribution in [0.4, 0.5) is 0 Å². The zero-order chi connectivity index (χ0) is 6.78. The third kappa shape index (κ3) is 3.53. The van der Waals surface area contributed by atoms with E-state index in [1.807, 2.05) is 0 Å². The molecule has 8 heavy (non-hydrogen) atoms. The molecule has 0 radical (unpaired) electrons. The molecule has 0 saturated carbocycles. The van der Waals surface area contributed by atoms with Gasteiger partial charge >= 0.3 is 0 Å². The molecule has 0 rings (SSSR count). The van der Waals surface area contributed by atoms with Crippen LogP contribution in [0.2, 0.25) is 0 Å². The predicted molar refractivity (Wildman–Crippen MR) is 43.4 cm³/mol. The molecule has 2 nitrogen and oxygen atoms in total. The lowest BCUT2D eigenvalue weighted by atomic mass is 10.7. The Morgan fingerprint density at radius 1 is 1.50 bits per heavy atom. The van der Waals surface area contributed by atoms with Gasteiger partial charge in [-0.2, -0.15) is 0 Å². The first-order chi connectivity index (χ1) is 3.48. The number of alkyl halides is 3. The standard InChI is InChI=1S/C2H3Cl3INO/c3-2(4,5)1(7)8-6/h1H,7H2. The van der Waals surface area contributed by atoms with Gasteiger partial charge in [0.05, 0.1) is 0 Å². The number of halogens is 4. The molecule has 0 aliphatic carbocycles. The van der Waals surface area contributed by atoms with E-state index >= 15 is 0 Å². The Bertz CT molecular complexity index is 74.2. The lowest BCUT2D eigenvalue weighted by Gasteiger charge is -2.15. The molecule has 0 aromatic carbocycles. The summed E-state index contributed by atoms with van der Waals surface area (Å²) in [5.74, 6) is 0. The van der Waals surface area contributed by atoms with Gasteiger partial charge in [0.2, 0.25) is 3.79 Å². The first-order valence-electron chi connectivity index (χ1n) is 1.58. The van der Waals surface area contributed by atoms with Gasteiger partial charge < -0.3 is 5.73 Å². The van der Waals surface area contributed by atoms with Gasteiger partial charge in [-0.3, -0.25) is 3.07 Å². The van der Waals surface area contributed by atoms with E-state index in [4.69, 9.17) is 40.5 Å². The smallest absolute Gasteiger partial charge is 0.230 e. The van der Waals surface area contributed by atoms with Crippen molar-refractivity contribution < 1.29 is 3.07 Å². The molecule has 0 aromatic heterocycles. The van der Waals surface area contributed by atoms with Gasteiger partial charge in [-0.1, -0.05) is 34.8 Å². The lowest BCUT2D eigenvalue weighted by molar-refractivity contribution is 0.298. The topological polar surface area (TPSA) is 35.2 Å². The fraction of sp³-hybridized carbons (Fsp3) is 1.00. The zero-order valence-electron chi connectivity index (χ0n) is 3.57. The predicted octanol–water partition coefficient (Wildman–Crippen LogP) is 2.01. The van der Waals surface area contributed by atoms with Crippen LogP contribution in [0.15, 0.2) is 0 Å². The van der Waals surface area contributed by atoms with Crippen molar-refractivity contribution in [1.29, 1.82) is 0 Å². The first kappa shape index (κ1) is 9.52. The molecule has 1 unspecified atom stereocenters. The maximum Gasteiger partial charge on any atom is 0.230 e. The van der Waals surface area contributed by atoms with Crippen molar-refractivity contribution in [2.24, 2.45) is 5.73 Å². The van der Waals surface area contributed by atoms with Crippen LogP contribution >= 0.6 is 57.8 Å². The minimum atomic E-state index is -1.53. The van der Waals surface area contributed by atoms with Crippen molar-refractivity contribution in [3.8, 4) is 0 Å². The van der Waals surface area contributed by atoms with Crippen LogP contribution in [0.5, 0.6) is 0 Å². The molecule has 1 atom stereocenters. The van der Waals surface area contributed by atoms with Crippen molar-refractivity contribution in [2.45, 2.75) is 10.0 Å². The summed E-state index contributed by atoms with van der Waals surface area (Å²) in [4.78, 5) is 0. The maximum atomic E-state index is 5.26. The Morgan fingerprint density at radius 2 is 1.88 bits per heavy atom. The Morgan fingerprint density at radius 3 is 1.88 bits per heavy atom. The summed E-state index contributed by atoms with van der Waals surface area (Å²) in [6, 6.07) is 0. The van der Waals surface area contributed by atoms with Crippen LogP contribution in [-0.4, -0.2) is 10.0 Å². The average molecular weight is 290 g/mol. The van der Waals surface area contributed by atoms with Crippen molar-refractivity contribution >= 4 is 57.8 Å². The van der Waals surface area contributed by atoms with Gasteiger partial charge in [-0.15, -0.1) is 0 Å². The van der Waals surface area contributed by atoms with E-state index < -0.39 is 10.0 Å². The van der Waals surface area contributed by atoms with Crippen LogP contribution in [0.3, 0.4) is 0 Å². The molecule has 0 aliphatic rings. The van der Waals surface area contributed by atoms with E-state index in [0.717, 1.165) is 0 Å². The van der Waals surface area contributed by atoms with Crippen LogP contribution in [0, 0.1) is 0 Å². The quantitative estimate of drug-likeness (QED) is 0.455. The number of nitrogens with two attached hydrogens (primary N) is 1. The van der Waals surface area contributed by atoms with Crippen LogP contribution in [-0.2, 0) is 3.07 Å². The van der Waals surface area contributed by atoms with Crippen molar-refractivity contribution in [3.05, 3.63) is 0 Å². The molecule has 50 valence electrons. The highest BCUT2D eigenvalue weighted by Crippen LogP contribution is 2.30. The lowest BCUT2D eigenvalue weighted by Crippen LogP contribution is -2.34. The van der Waals surface area contributed by atoms with E-state index in [9.17, 15) is 0 Å². The number of hydrogen-bond acceptors (Lipinski definition) is 2. The summed E-state index contributed by atoms with van der Waals surface area (Å²) in [7, 11) is 0. The summed E-state index contributed by atoms with van der Waals surface area (Å²) in [6.07, 6.45) is -0.868. The summed E-state index contributed by atoms with van der Waals surface area (Å²) >= 11 is 17.3. The van der Waals surface area contributed by atoms with Gasteiger partial charge in [-0.25, -0.2) is 0 Å². The molecule has 2 N–H and O–H groups in total. The van der Waals surface area contributed by atoms with E-state index in [-0.39, 0.29) is 0 Å². The summed E-state index contributed by atoms with van der Waals surface area (Å²) in [5.41, 5.74) is 5.12. The Balaban J connectivity index is 3.62. The highest BCUT2D eigenvalue weighted by Gasteiger charge is 2.29. The van der Waals surface area contributed by atoms with Gasteiger partial charge in [-0.05, 0) is 0 Å². The Hall–Kier alpha value is 1.52. The summed E-state index contributed by atoms with van der Waals surface area (Å²) in [5, 5.41) is 0. The Labute approximate surface area is 76.3 Å². The fourth-order valence-corrected chi connectivity index (χ4v) is 1.02. The molecule has 6 heteroatoms. The molecule has 0 aromatic rings. The number of hydrogen-bond donors (Lipinski definition) is 1. The molecular weight excluding hydrogens is 287 g/mol. The monoisotopic (exact) mass is 289 g/mol. The van der Waals surface area contributed by atoms with Gasteiger partial charge in [0.15, 0.2) is 6.23 Å². The van der Waals surface area contributed by atoms with Crippen molar-refractivity contribution in [2.75, 3.05) is 0 Å². The van der Waals surface area contributed by atoms with Gasteiger partial charge in [0, 0.05) is 0 Å². The van der Waals surface area contributed by atoms with Gasteiger partial charge in [0.25, 0.3) is 0 Å². The first-order valence-corrected chi connectivity index (χ1v) is 3.59. The van der Waals surface area contributed by atoms with Crippen LogP contribution < -0.4 is 5.73 Å². The van der Waals surface area contributed by atoms with Crippen molar-refractivity contribution in [1.82, 2.24) is 0 Å². The van der Waals surface area contributed by atoms with E-state index in [1.54, 1.807) is 23.0 Å². The molecule has 0 spiro atoms. The molecule has 0 aliphatic heterocycles. The Kier molecular flexibility index (Phi) is 4.32. The molecule has 0 saturated heterocycles. The molecule has 0 bridgehead atoms. The average Bonchev–Trinajstić information content (AvgIpc) is 1.62. The third-order valence-electron chi connectivity index (χ3n) is 0.419. The minimum Gasteiger partial charge on any atom is -0.302 e.